The van der Waals surface area contributed by atoms with Crippen LogP contribution in [0, 0.1) is 5.92 Å². The second-order valence-electron chi connectivity index (χ2n) is 6.86. The number of carbonyl (C=O) groups excluding carboxylic acids is 2. The number of hydrogen-bond donors (Lipinski definition) is 1. The zero-order valence-electron chi connectivity index (χ0n) is 14.3. The summed E-state index contributed by atoms with van der Waals surface area (Å²) in [5.74, 6) is 0.191. The Hall–Kier alpha value is -1.77. The lowest BCUT2D eigenvalue weighted by atomic mass is 9.71. The van der Waals surface area contributed by atoms with E-state index in [4.69, 9.17) is 4.18 Å². The van der Waals surface area contributed by atoms with E-state index in [-0.39, 0.29) is 30.3 Å². The normalized spacial score (nSPS) is 26.6. The molecule has 8 heteroatoms. The van der Waals surface area contributed by atoms with Gasteiger partial charge in [-0.2, -0.15) is 8.42 Å². The van der Waals surface area contributed by atoms with Crippen LogP contribution in [0.1, 0.15) is 34.7 Å². The van der Waals surface area contributed by atoms with E-state index in [1.54, 1.807) is 6.07 Å². The monoisotopic (exact) mass is 366 g/mol. The van der Waals surface area contributed by atoms with E-state index in [9.17, 15) is 18.0 Å². The van der Waals surface area contributed by atoms with E-state index in [0.29, 0.717) is 30.6 Å². The molecule has 7 nitrogen and oxygen atoms in total. The molecule has 1 saturated heterocycles. The molecule has 2 aliphatic rings. The SMILES string of the molecule is CN1CC(COS(C)(=O)=O)CC2c3cccc(NC=O)c3C(=O)CC21. The number of Topliss-reactive ketones (excluding diaryl/α,β-unsaturated/α-hetero) is 1. The molecular weight excluding hydrogens is 344 g/mol. The smallest absolute Gasteiger partial charge is 0.264 e. The molecule has 1 fully saturated rings. The fraction of sp³-hybridized carbons (Fsp3) is 0.529. The molecule has 136 valence electrons. The Morgan fingerprint density at radius 1 is 1.40 bits per heavy atom. The summed E-state index contributed by atoms with van der Waals surface area (Å²) in [7, 11) is -1.52. The third-order valence-electron chi connectivity index (χ3n) is 5.07. The predicted octanol–water partition coefficient (Wildman–Crippen LogP) is 1.22. The Bertz CT molecular complexity index is 792. The lowest BCUT2D eigenvalue weighted by Gasteiger charge is -2.45. The Morgan fingerprint density at radius 2 is 2.16 bits per heavy atom. The van der Waals surface area contributed by atoms with Gasteiger partial charge >= 0.3 is 0 Å². The van der Waals surface area contributed by atoms with Crippen LogP contribution < -0.4 is 5.32 Å². The maximum Gasteiger partial charge on any atom is 0.264 e. The molecule has 1 aromatic carbocycles. The first-order valence-corrected chi connectivity index (χ1v) is 10.0. The van der Waals surface area contributed by atoms with E-state index in [2.05, 4.69) is 10.2 Å². The van der Waals surface area contributed by atoms with Gasteiger partial charge in [0.25, 0.3) is 10.1 Å². The molecule has 0 radical (unpaired) electrons. The number of anilines is 1. The third-order valence-corrected chi connectivity index (χ3v) is 5.63. The van der Waals surface area contributed by atoms with Gasteiger partial charge in [-0.15, -0.1) is 0 Å². The zero-order valence-corrected chi connectivity index (χ0v) is 15.1. The van der Waals surface area contributed by atoms with Crippen molar-refractivity contribution in [2.75, 3.05) is 31.8 Å². The van der Waals surface area contributed by atoms with Gasteiger partial charge in [0.1, 0.15) is 0 Å². The van der Waals surface area contributed by atoms with E-state index in [1.165, 1.54) is 0 Å². The number of nitrogens with one attached hydrogen (secondary N) is 1. The van der Waals surface area contributed by atoms with Gasteiger partial charge in [0, 0.05) is 30.5 Å². The Balaban J connectivity index is 1.91. The van der Waals surface area contributed by atoms with Gasteiger partial charge in [0.15, 0.2) is 5.78 Å². The highest BCUT2D eigenvalue weighted by Crippen LogP contribution is 2.43. The summed E-state index contributed by atoms with van der Waals surface area (Å²) >= 11 is 0. The number of carbonyl (C=O) groups is 2. The maximum atomic E-state index is 12.6. The number of likely N-dealkylation sites (N-methyl/N-ethyl adjacent to an activating group) is 1. The van der Waals surface area contributed by atoms with Gasteiger partial charge < -0.3 is 10.2 Å². The largest absolute Gasteiger partial charge is 0.328 e. The molecule has 25 heavy (non-hydrogen) atoms. The molecule has 1 aliphatic heterocycles. The Kier molecular flexibility index (Phi) is 4.95. The predicted molar refractivity (Wildman–Crippen MR) is 93.1 cm³/mol. The van der Waals surface area contributed by atoms with E-state index < -0.39 is 10.1 Å². The molecule has 3 atom stereocenters. The average molecular weight is 366 g/mol. The van der Waals surface area contributed by atoms with Crippen molar-refractivity contribution in [1.82, 2.24) is 4.90 Å². The second kappa shape index (κ2) is 6.86. The van der Waals surface area contributed by atoms with E-state index in [0.717, 1.165) is 18.2 Å². The highest BCUT2D eigenvalue weighted by Gasteiger charge is 2.42. The van der Waals surface area contributed by atoms with Crippen LogP contribution in [-0.2, 0) is 19.1 Å². The summed E-state index contributed by atoms with van der Waals surface area (Å²) in [5, 5.41) is 2.61. The van der Waals surface area contributed by atoms with Crippen molar-refractivity contribution in [3.05, 3.63) is 29.3 Å². The number of fused-ring (bicyclic) bond motifs is 3. The van der Waals surface area contributed by atoms with Crippen LogP contribution in [0.2, 0.25) is 0 Å². The molecule has 1 amide bonds. The summed E-state index contributed by atoms with van der Waals surface area (Å²) in [4.78, 5) is 25.6. The van der Waals surface area contributed by atoms with Crippen molar-refractivity contribution in [3.8, 4) is 0 Å². The molecule has 0 spiro atoms. The van der Waals surface area contributed by atoms with Crippen LogP contribution in [0.25, 0.3) is 0 Å². The van der Waals surface area contributed by atoms with E-state index >= 15 is 0 Å². The fourth-order valence-corrected chi connectivity index (χ4v) is 4.52. The van der Waals surface area contributed by atoms with Crippen LogP contribution in [0.3, 0.4) is 0 Å². The van der Waals surface area contributed by atoms with Crippen molar-refractivity contribution < 1.29 is 22.2 Å². The van der Waals surface area contributed by atoms with Crippen molar-refractivity contribution >= 4 is 28.0 Å². The van der Waals surface area contributed by atoms with Crippen LogP contribution in [0.15, 0.2) is 18.2 Å². The Morgan fingerprint density at radius 3 is 2.84 bits per heavy atom. The highest BCUT2D eigenvalue weighted by molar-refractivity contribution is 7.85. The fourth-order valence-electron chi connectivity index (χ4n) is 4.08. The molecule has 1 aliphatic carbocycles. The molecule has 0 bridgehead atoms. The minimum atomic E-state index is -3.48. The van der Waals surface area contributed by atoms with Gasteiger partial charge in [-0.05, 0) is 31.0 Å². The lowest BCUT2D eigenvalue weighted by Crippen LogP contribution is -2.49. The zero-order chi connectivity index (χ0) is 18.2. The Labute approximate surface area is 147 Å². The summed E-state index contributed by atoms with van der Waals surface area (Å²) < 4.78 is 27.5. The van der Waals surface area contributed by atoms with Crippen molar-refractivity contribution in [1.29, 1.82) is 0 Å². The van der Waals surface area contributed by atoms with E-state index in [1.807, 2.05) is 19.2 Å². The lowest BCUT2D eigenvalue weighted by molar-refractivity contribution is -0.105. The molecule has 3 rings (SSSR count). The maximum absolute atomic E-state index is 12.6. The van der Waals surface area contributed by atoms with Crippen LogP contribution in [0.5, 0.6) is 0 Å². The summed E-state index contributed by atoms with van der Waals surface area (Å²) in [6.07, 6.45) is 2.76. The standard InChI is InChI=1S/C17H22N2O5S/c1-19-8-11(9-24-25(2,22)23)6-13-12-4-3-5-14(18-10-20)17(12)16(21)7-15(13)19/h3-5,10-11,13,15H,6-9H2,1-2H3,(H,18,20). The van der Waals surface area contributed by atoms with Crippen LogP contribution in [0.4, 0.5) is 5.69 Å². The minimum Gasteiger partial charge on any atom is -0.328 e. The number of rotatable bonds is 5. The molecule has 0 aromatic heterocycles. The first-order chi connectivity index (χ1) is 11.8. The van der Waals surface area contributed by atoms with Crippen molar-refractivity contribution in [2.45, 2.75) is 24.8 Å². The van der Waals surface area contributed by atoms with Crippen molar-refractivity contribution in [3.63, 3.8) is 0 Å². The van der Waals surface area contributed by atoms with Gasteiger partial charge in [0.2, 0.25) is 6.41 Å². The number of piperidine rings is 1. The topological polar surface area (TPSA) is 92.8 Å². The molecule has 0 saturated carbocycles. The average Bonchev–Trinajstić information content (AvgIpc) is 2.54. The minimum absolute atomic E-state index is 0.0267. The van der Waals surface area contributed by atoms with Gasteiger partial charge in [-0.3, -0.25) is 13.8 Å². The first-order valence-electron chi connectivity index (χ1n) is 8.21. The second-order valence-corrected chi connectivity index (χ2v) is 8.51. The summed E-state index contributed by atoms with van der Waals surface area (Å²) in [5.41, 5.74) is 2.03. The number of benzene rings is 1. The number of likely N-dealkylation sites (tertiary alicyclic amines) is 1. The highest BCUT2D eigenvalue weighted by atomic mass is 32.2. The summed E-state index contributed by atoms with van der Waals surface area (Å²) in [6, 6.07) is 5.56. The quantitative estimate of drug-likeness (QED) is 0.622. The third kappa shape index (κ3) is 3.75. The van der Waals surface area contributed by atoms with Gasteiger partial charge in [0.05, 0.1) is 18.6 Å². The van der Waals surface area contributed by atoms with Crippen LogP contribution >= 0.6 is 0 Å². The van der Waals surface area contributed by atoms with Crippen molar-refractivity contribution in [2.24, 2.45) is 5.92 Å². The molecule has 1 heterocycles. The van der Waals surface area contributed by atoms with Gasteiger partial charge in [-0.1, -0.05) is 12.1 Å². The number of nitrogens with zero attached hydrogens (tertiary/aromatic N) is 1. The number of amides is 1. The molecule has 1 N–H and O–H groups in total. The van der Waals surface area contributed by atoms with Crippen LogP contribution in [-0.4, -0.2) is 58.0 Å². The molecular formula is C17H22N2O5S. The van der Waals surface area contributed by atoms with Gasteiger partial charge in [-0.25, -0.2) is 0 Å². The number of ketones is 1. The molecule has 1 aromatic rings. The first kappa shape index (κ1) is 18.0. The molecule has 3 unspecified atom stereocenters. The summed E-state index contributed by atoms with van der Waals surface area (Å²) in [6.45, 7) is 0.827. The number of hydrogen-bond acceptors (Lipinski definition) is 6.